The Labute approximate surface area is 154 Å². The Kier molecular flexibility index (Phi) is 8.78. The van der Waals surface area contributed by atoms with Gasteiger partial charge in [-0.25, -0.2) is 4.79 Å². The Balaban J connectivity index is 2.63. The van der Waals surface area contributed by atoms with Gasteiger partial charge in [0.15, 0.2) is 0 Å². The van der Waals surface area contributed by atoms with Crippen molar-refractivity contribution < 1.29 is 9.53 Å². The predicted molar refractivity (Wildman–Crippen MR) is 103 cm³/mol. The summed E-state index contributed by atoms with van der Waals surface area (Å²) >= 11 is 3.48. The van der Waals surface area contributed by atoms with Crippen LogP contribution < -0.4 is 10.6 Å². The number of amides is 1. The molecule has 2 N–H and O–H groups in total. The van der Waals surface area contributed by atoms with Gasteiger partial charge in [-0.2, -0.15) is 0 Å². The van der Waals surface area contributed by atoms with E-state index in [9.17, 15) is 4.79 Å². The molecule has 4 nitrogen and oxygen atoms in total. The maximum Gasteiger partial charge on any atom is 0.407 e. The second-order valence-electron chi connectivity index (χ2n) is 7.05. The Bertz CT molecular complexity index is 497. The van der Waals surface area contributed by atoms with Crippen LogP contribution in [0.4, 0.5) is 4.79 Å². The van der Waals surface area contributed by atoms with Gasteiger partial charge in [-0.05, 0) is 51.3 Å². The first-order valence-electron chi connectivity index (χ1n) is 8.73. The van der Waals surface area contributed by atoms with E-state index < -0.39 is 5.60 Å². The van der Waals surface area contributed by atoms with Gasteiger partial charge in [-0.1, -0.05) is 48.3 Å². The number of ether oxygens (including phenoxy) is 1. The average Bonchev–Trinajstić information content (AvgIpc) is 2.49. The van der Waals surface area contributed by atoms with E-state index in [0.29, 0.717) is 6.54 Å². The number of hydrogen-bond donors (Lipinski definition) is 2. The molecule has 0 bridgehead atoms. The summed E-state index contributed by atoms with van der Waals surface area (Å²) in [5, 5.41) is 6.56. The van der Waals surface area contributed by atoms with E-state index in [2.05, 4.69) is 64.7 Å². The zero-order valence-corrected chi connectivity index (χ0v) is 17.1. The normalized spacial score (nSPS) is 14.1. The van der Waals surface area contributed by atoms with Crippen LogP contribution in [-0.4, -0.2) is 24.3 Å². The number of carbonyl (C=O) groups excluding carboxylic acids is 1. The Morgan fingerprint density at radius 2 is 1.83 bits per heavy atom. The summed E-state index contributed by atoms with van der Waals surface area (Å²) in [5.74, 6) is 0. The summed E-state index contributed by atoms with van der Waals surface area (Å²) in [6, 6.07) is 8.89. The molecule has 0 radical (unpaired) electrons. The zero-order valence-electron chi connectivity index (χ0n) is 15.5. The van der Waals surface area contributed by atoms with Gasteiger partial charge in [0.05, 0.1) is 0 Å². The molecule has 1 amide bonds. The molecule has 24 heavy (non-hydrogen) atoms. The molecule has 0 aliphatic heterocycles. The average molecular weight is 399 g/mol. The largest absolute Gasteiger partial charge is 0.444 e. The Morgan fingerprint density at radius 3 is 2.33 bits per heavy atom. The first-order valence-corrected chi connectivity index (χ1v) is 9.52. The van der Waals surface area contributed by atoms with Crippen LogP contribution in [0.25, 0.3) is 0 Å². The highest BCUT2D eigenvalue weighted by molar-refractivity contribution is 9.10. The first-order chi connectivity index (χ1) is 11.2. The van der Waals surface area contributed by atoms with Gasteiger partial charge in [-0.3, -0.25) is 0 Å². The maximum absolute atomic E-state index is 11.9. The first kappa shape index (κ1) is 21.0. The molecule has 0 heterocycles. The summed E-state index contributed by atoms with van der Waals surface area (Å²) in [4.78, 5) is 11.9. The SMILES string of the molecule is CCCC(CNC(=O)OC(C)(C)C)NC(CC)c1ccc(Br)cc1. The molecule has 0 fully saturated rings. The highest BCUT2D eigenvalue weighted by Crippen LogP contribution is 2.20. The van der Waals surface area contributed by atoms with Crippen molar-refractivity contribution in [2.24, 2.45) is 0 Å². The third-order valence-corrected chi connectivity index (χ3v) is 4.17. The fourth-order valence-corrected chi connectivity index (χ4v) is 2.81. The van der Waals surface area contributed by atoms with Crippen LogP contribution in [0.3, 0.4) is 0 Å². The Morgan fingerprint density at radius 1 is 1.21 bits per heavy atom. The van der Waals surface area contributed by atoms with Gasteiger partial charge in [-0.15, -0.1) is 0 Å². The van der Waals surface area contributed by atoms with Crippen LogP contribution in [0.1, 0.15) is 65.5 Å². The van der Waals surface area contributed by atoms with E-state index >= 15 is 0 Å². The highest BCUT2D eigenvalue weighted by atomic mass is 79.9. The van der Waals surface area contributed by atoms with Gasteiger partial charge in [0, 0.05) is 23.1 Å². The quantitative estimate of drug-likeness (QED) is 0.633. The van der Waals surface area contributed by atoms with E-state index in [1.807, 2.05) is 20.8 Å². The highest BCUT2D eigenvalue weighted by Gasteiger charge is 2.19. The molecule has 1 rings (SSSR count). The summed E-state index contributed by atoms with van der Waals surface area (Å²) in [5.41, 5.74) is 0.792. The third kappa shape index (κ3) is 8.15. The van der Waals surface area contributed by atoms with Crippen molar-refractivity contribution in [3.63, 3.8) is 0 Å². The van der Waals surface area contributed by atoms with Crippen molar-refractivity contribution in [1.29, 1.82) is 0 Å². The van der Waals surface area contributed by atoms with Gasteiger partial charge < -0.3 is 15.4 Å². The molecule has 136 valence electrons. The van der Waals surface area contributed by atoms with E-state index in [1.165, 1.54) is 5.56 Å². The molecule has 2 unspecified atom stereocenters. The molecule has 0 saturated carbocycles. The molecule has 1 aromatic rings. The van der Waals surface area contributed by atoms with Crippen LogP contribution in [-0.2, 0) is 4.74 Å². The zero-order chi connectivity index (χ0) is 18.2. The van der Waals surface area contributed by atoms with Gasteiger partial charge >= 0.3 is 6.09 Å². The number of benzene rings is 1. The minimum Gasteiger partial charge on any atom is -0.444 e. The van der Waals surface area contributed by atoms with Crippen LogP contribution in [0, 0.1) is 0 Å². The molecular weight excluding hydrogens is 368 g/mol. The van der Waals surface area contributed by atoms with Crippen LogP contribution in [0.15, 0.2) is 28.7 Å². The van der Waals surface area contributed by atoms with Crippen molar-refractivity contribution in [3.8, 4) is 0 Å². The van der Waals surface area contributed by atoms with E-state index in [-0.39, 0.29) is 18.2 Å². The van der Waals surface area contributed by atoms with Gasteiger partial charge in [0.2, 0.25) is 0 Å². The second-order valence-corrected chi connectivity index (χ2v) is 7.96. The lowest BCUT2D eigenvalue weighted by atomic mass is 10.0. The van der Waals surface area contributed by atoms with E-state index in [1.54, 1.807) is 0 Å². The van der Waals surface area contributed by atoms with Crippen molar-refractivity contribution in [3.05, 3.63) is 34.3 Å². The van der Waals surface area contributed by atoms with Crippen molar-refractivity contribution >= 4 is 22.0 Å². The molecular formula is C19H31BrN2O2. The van der Waals surface area contributed by atoms with Crippen molar-refractivity contribution in [2.45, 2.75) is 71.6 Å². The lowest BCUT2D eigenvalue weighted by molar-refractivity contribution is 0.0521. The fraction of sp³-hybridized carbons (Fsp3) is 0.632. The van der Waals surface area contributed by atoms with Crippen molar-refractivity contribution in [1.82, 2.24) is 10.6 Å². The number of halogens is 1. The van der Waals surface area contributed by atoms with Gasteiger partial charge in [0.25, 0.3) is 0 Å². The van der Waals surface area contributed by atoms with Crippen LogP contribution in [0.2, 0.25) is 0 Å². The lowest BCUT2D eigenvalue weighted by Crippen LogP contribution is -2.43. The summed E-state index contributed by atoms with van der Waals surface area (Å²) in [6.07, 6.45) is 2.70. The number of carbonyl (C=O) groups is 1. The van der Waals surface area contributed by atoms with Gasteiger partial charge in [0.1, 0.15) is 5.60 Å². The molecule has 1 aromatic carbocycles. The van der Waals surface area contributed by atoms with E-state index in [4.69, 9.17) is 4.74 Å². The minimum atomic E-state index is -0.471. The molecule has 5 heteroatoms. The molecule has 0 saturated heterocycles. The standard InChI is InChI=1S/C19H31BrN2O2/c1-6-8-16(13-21-18(23)24-19(3,4)5)22-17(7-2)14-9-11-15(20)12-10-14/h9-12,16-17,22H,6-8,13H2,1-5H3,(H,21,23). The third-order valence-electron chi connectivity index (χ3n) is 3.65. The Hall–Kier alpha value is -1.07. The predicted octanol–water partition coefficient (Wildman–Crippen LogP) is 5.18. The fourth-order valence-electron chi connectivity index (χ4n) is 2.54. The number of alkyl carbamates (subject to hydrolysis) is 1. The van der Waals surface area contributed by atoms with Crippen LogP contribution >= 0.6 is 15.9 Å². The van der Waals surface area contributed by atoms with Crippen molar-refractivity contribution in [2.75, 3.05) is 6.54 Å². The molecule has 0 aliphatic rings. The molecule has 2 atom stereocenters. The topological polar surface area (TPSA) is 50.4 Å². The number of nitrogens with one attached hydrogen (secondary N) is 2. The summed E-state index contributed by atoms with van der Waals surface area (Å²) < 4.78 is 6.39. The molecule has 0 spiro atoms. The minimum absolute atomic E-state index is 0.219. The number of hydrogen-bond acceptors (Lipinski definition) is 3. The molecule has 0 aromatic heterocycles. The maximum atomic E-state index is 11.9. The number of rotatable bonds is 8. The molecule has 0 aliphatic carbocycles. The summed E-state index contributed by atoms with van der Waals surface area (Å²) in [7, 11) is 0. The monoisotopic (exact) mass is 398 g/mol. The second kappa shape index (κ2) is 10.0. The van der Waals surface area contributed by atoms with E-state index in [0.717, 1.165) is 23.7 Å². The summed E-state index contributed by atoms with van der Waals surface area (Å²) in [6.45, 7) is 10.5. The smallest absolute Gasteiger partial charge is 0.407 e. The lowest BCUT2D eigenvalue weighted by Gasteiger charge is -2.26. The van der Waals surface area contributed by atoms with Crippen LogP contribution in [0.5, 0.6) is 0 Å².